The summed E-state index contributed by atoms with van der Waals surface area (Å²) in [6, 6.07) is 2.72. The lowest BCUT2D eigenvalue weighted by Gasteiger charge is -2.14. The Morgan fingerprint density at radius 3 is 2.62 bits per heavy atom. The molecule has 1 N–H and O–H groups in total. The monoisotopic (exact) mass is 355 g/mol. The molecule has 1 aliphatic rings. The van der Waals surface area contributed by atoms with Gasteiger partial charge in [0.05, 0.1) is 28.7 Å². The predicted molar refractivity (Wildman–Crippen MR) is 77.3 cm³/mol. The van der Waals surface area contributed by atoms with Crippen molar-refractivity contribution in [2.75, 3.05) is 17.3 Å². The van der Waals surface area contributed by atoms with Crippen LogP contribution in [0.4, 0.5) is 8.78 Å². The normalized spacial score (nSPS) is 24.0. The number of sulfone groups is 1. The zero-order chi connectivity index (χ0) is 15.6. The molecule has 0 aromatic heterocycles. The van der Waals surface area contributed by atoms with E-state index in [-0.39, 0.29) is 17.3 Å². The van der Waals surface area contributed by atoms with Crippen molar-refractivity contribution in [1.82, 2.24) is 5.32 Å². The maximum atomic E-state index is 13.0. The average molecular weight is 356 g/mol. The molecule has 21 heavy (non-hydrogen) atoms. The summed E-state index contributed by atoms with van der Waals surface area (Å²) >= 11 is 6.89. The van der Waals surface area contributed by atoms with E-state index in [9.17, 15) is 22.0 Å². The van der Waals surface area contributed by atoms with E-state index in [1.54, 1.807) is 0 Å². The molecule has 1 heterocycles. The minimum absolute atomic E-state index is 0.0365. The molecule has 1 aromatic rings. The number of alkyl halides is 1. The fraction of sp³-hybridized carbons (Fsp3) is 0.417. The molecule has 1 amide bonds. The Morgan fingerprint density at radius 2 is 2.05 bits per heavy atom. The number of carbonyl (C=O) groups is 1. The summed E-state index contributed by atoms with van der Waals surface area (Å²) in [5.41, 5.74) is 0. The first-order chi connectivity index (χ1) is 9.77. The number of carbonyl (C=O) groups excluding carboxylic acids is 1. The molecule has 0 bridgehead atoms. The van der Waals surface area contributed by atoms with Gasteiger partial charge in [-0.25, -0.2) is 17.2 Å². The summed E-state index contributed by atoms with van der Waals surface area (Å²) in [5, 5.41) is 1.90. The van der Waals surface area contributed by atoms with Gasteiger partial charge in [0.25, 0.3) is 0 Å². The summed E-state index contributed by atoms with van der Waals surface area (Å²) in [6.07, 6.45) is 0. The van der Waals surface area contributed by atoms with Gasteiger partial charge in [-0.1, -0.05) is 0 Å². The van der Waals surface area contributed by atoms with Gasteiger partial charge in [0, 0.05) is 4.90 Å². The van der Waals surface area contributed by atoms with Crippen LogP contribution < -0.4 is 5.32 Å². The molecule has 0 saturated carbocycles. The van der Waals surface area contributed by atoms with Gasteiger partial charge in [-0.15, -0.1) is 23.4 Å². The van der Waals surface area contributed by atoms with Crippen LogP contribution >= 0.6 is 23.4 Å². The highest BCUT2D eigenvalue weighted by molar-refractivity contribution is 8.00. The third-order valence-electron chi connectivity index (χ3n) is 2.89. The van der Waals surface area contributed by atoms with E-state index in [1.807, 2.05) is 0 Å². The molecule has 0 radical (unpaired) electrons. The standard InChI is InChI=1S/C12H12ClF2NO3S2/c13-8-5-21(18,19)6-11(8)16-12(17)4-20-7-1-2-9(14)10(15)3-7/h1-3,8,11H,4-6H2,(H,16,17)/t8-,11+/m1/s1. The average Bonchev–Trinajstić information content (AvgIpc) is 2.64. The van der Waals surface area contributed by atoms with Crippen molar-refractivity contribution >= 4 is 39.1 Å². The van der Waals surface area contributed by atoms with Crippen molar-refractivity contribution in [3.8, 4) is 0 Å². The second-order valence-corrected chi connectivity index (χ2v) is 8.39. The van der Waals surface area contributed by atoms with Crippen molar-refractivity contribution in [3.05, 3.63) is 29.8 Å². The summed E-state index contributed by atoms with van der Waals surface area (Å²) in [6.45, 7) is 0. The number of hydrogen-bond donors (Lipinski definition) is 1. The lowest BCUT2D eigenvalue weighted by Crippen LogP contribution is -2.41. The quantitative estimate of drug-likeness (QED) is 0.658. The molecule has 1 fully saturated rings. The number of amides is 1. The minimum atomic E-state index is -3.21. The smallest absolute Gasteiger partial charge is 0.230 e. The Bertz CT molecular complexity index is 654. The Labute approximate surface area is 130 Å². The van der Waals surface area contributed by atoms with Crippen LogP contribution in [0.5, 0.6) is 0 Å². The van der Waals surface area contributed by atoms with E-state index in [1.165, 1.54) is 6.07 Å². The summed E-state index contributed by atoms with van der Waals surface area (Å²) in [7, 11) is -3.21. The van der Waals surface area contributed by atoms with Crippen molar-refractivity contribution in [2.24, 2.45) is 0 Å². The molecule has 1 aliphatic heterocycles. The van der Waals surface area contributed by atoms with Crippen LogP contribution in [0.15, 0.2) is 23.1 Å². The molecule has 9 heteroatoms. The van der Waals surface area contributed by atoms with Gasteiger partial charge in [-0.3, -0.25) is 4.79 Å². The third kappa shape index (κ3) is 4.55. The number of thioether (sulfide) groups is 1. The van der Waals surface area contributed by atoms with Crippen LogP contribution in [-0.4, -0.2) is 43.0 Å². The number of rotatable bonds is 4. The maximum Gasteiger partial charge on any atom is 0.230 e. The number of halogens is 3. The van der Waals surface area contributed by atoms with Crippen molar-refractivity contribution in [3.63, 3.8) is 0 Å². The fourth-order valence-corrected chi connectivity index (χ4v) is 5.18. The van der Waals surface area contributed by atoms with Gasteiger partial charge in [0.1, 0.15) is 0 Å². The second kappa shape index (κ2) is 6.50. The molecular formula is C12H12ClF2NO3S2. The molecule has 2 atom stereocenters. The highest BCUT2D eigenvalue weighted by Crippen LogP contribution is 2.21. The number of benzene rings is 1. The first kappa shape index (κ1) is 16.5. The first-order valence-electron chi connectivity index (χ1n) is 5.98. The Balaban J connectivity index is 1.86. The van der Waals surface area contributed by atoms with E-state index < -0.39 is 38.8 Å². The molecule has 4 nitrogen and oxygen atoms in total. The first-order valence-corrected chi connectivity index (χ1v) is 9.23. The Kier molecular flexibility index (Phi) is 5.11. The second-order valence-electron chi connectivity index (χ2n) is 4.63. The van der Waals surface area contributed by atoms with E-state index in [4.69, 9.17) is 11.6 Å². The van der Waals surface area contributed by atoms with E-state index >= 15 is 0 Å². The van der Waals surface area contributed by atoms with Gasteiger partial charge in [-0.05, 0) is 18.2 Å². The molecule has 1 saturated heterocycles. The van der Waals surface area contributed by atoms with Crippen LogP contribution in [0, 0.1) is 11.6 Å². The topological polar surface area (TPSA) is 63.2 Å². The van der Waals surface area contributed by atoms with Crippen LogP contribution in [0.25, 0.3) is 0 Å². The van der Waals surface area contributed by atoms with Crippen LogP contribution in [-0.2, 0) is 14.6 Å². The SMILES string of the molecule is O=C(CSc1ccc(F)c(F)c1)N[C@H]1CS(=O)(=O)C[C@H]1Cl. The van der Waals surface area contributed by atoms with Crippen LogP contribution in [0.3, 0.4) is 0 Å². The zero-order valence-corrected chi connectivity index (χ0v) is 13.1. The fourth-order valence-electron chi connectivity index (χ4n) is 1.90. The van der Waals surface area contributed by atoms with Crippen molar-refractivity contribution in [2.45, 2.75) is 16.3 Å². The summed E-state index contributed by atoms with van der Waals surface area (Å²) in [4.78, 5) is 12.1. The van der Waals surface area contributed by atoms with Gasteiger partial charge in [0.2, 0.25) is 5.91 Å². The molecule has 0 aliphatic carbocycles. The number of nitrogens with one attached hydrogen (secondary N) is 1. The van der Waals surface area contributed by atoms with Gasteiger partial charge in [0.15, 0.2) is 21.5 Å². The molecule has 0 unspecified atom stereocenters. The molecule has 2 rings (SSSR count). The van der Waals surface area contributed by atoms with Crippen LogP contribution in [0.1, 0.15) is 0 Å². The van der Waals surface area contributed by atoms with Gasteiger partial charge < -0.3 is 5.32 Å². The molecular weight excluding hydrogens is 344 g/mol. The van der Waals surface area contributed by atoms with E-state index in [0.717, 1.165) is 23.9 Å². The van der Waals surface area contributed by atoms with Crippen molar-refractivity contribution in [1.29, 1.82) is 0 Å². The van der Waals surface area contributed by atoms with E-state index in [0.29, 0.717) is 4.90 Å². The third-order valence-corrected chi connectivity index (χ3v) is 6.26. The molecule has 0 spiro atoms. The zero-order valence-electron chi connectivity index (χ0n) is 10.7. The largest absolute Gasteiger partial charge is 0.350 e. The van der Waals surface area contributed by atoms with Gasteiger partial charge >= 0.3 is 0 Å². The molecule has 116 valence electrons. The lowest BCUT2D eigenvalue weighted by atomic mass is 10.2. The van der Waals surface area contributed by atoms with Gasteiger partial charge in [-0.2, -0.15) is 0 Å². The highest BCUT2D eigenvalue weighted by atomic mass is 35.5. The molecule has 1 aromatic carbocycles. The van der Waals surface area contributed by atoms with Crippen molar-refractivity contribution < 1.29 is 22.0 Å². The summed E-state index contributed by atoms with van der Waals surface area (Å²) < 4.78 is 48.5. The lowest BCUT2D eigenvalue weighted by molar-refractivity contribution is -0.119. The maximum absolute atomic E-state index is 13.0. The minimum Gasteiger partial charge on any atom is -0.350 e. The van der Waals surface area contributed by atoms with Crippen LogP contribution in [0.2, 0.25) is 0 Å². The van der Waals surface area contributed by atoms with E-state index in [2.05, 4.69) is 5.32 Å². The number of hydrogen-bond acceptors (Lipinski definition) is 4. The Morgan fingerprint density at radius 1 is 1.33 bits per heavy atom. The highest BCUT2D eigenvalue weighted by Gasteiger charge is 2.37. The Hall–Kier alpha value is -0.860. The predicted octanol–water partition coefficient (Wildman–Crippen LogP) is 1.58. The summed E-state index contributed by atoms with van der Waals surface area (Å²) in [5.74, 6) is -2.71.